The summed E-state index contributed by atoms with van der Waals surface area (Å²) in [6, 6.07) is 7.48. The van der Waals surface area contributed by atoms with Crippen LogP contribution in [0.25, 0.3) is 0 Å². The molecule has 1 aromatic rings. The number of nitrogens with one attached hydrogen (secondary N) is 1. The lowest BCUT2D eigenvalue weighted by Gasteiger charge is -2.31. The van der Waals surface area contributed by atoms with Crippen LogP contribution in [-0.4, -0.2) is 62.1 Å². The van der Waals surface area contributed by atoms with E-state index in [1.165, 1.54) is 0 Å². The molecule has 3 N–H and O–H groups in total. The molecular weight excluding hydrogens is 425 g/mol. The Morgan fingerprint density at radius 1 is 1.33 bits per heavy atom. The minimum Gasteiger partial charge on any atom is -0.459 e. The largest absolute Gasteiger partial charge is 0.459 e. The fourth-order valence-electron chi connectivity index (χ4n) is 3.56. The van der Waals surface area contributed by atoms with Gasteiger partial charge in [-0.2, -0.15) is 0 Å². The summed E-state index contributed by atoms with van der Waals surface area (Å²) in [5, 5.41) is 11.8. The van der Waals surface area contributed by atoms with E-state index in [0.717, 1.165) is 30.2 Å². The number of ether oxygens (including phenoxy) is 2. The summed E-state index contributed by atoms with van der Waals surface area (Å²) in [5.41, 5.74) is 1.25. The first kappa shape index (κ1) is 23.0. The second kappa shape index (κ2) is 11.1. The lowest BCUT2D eigenvalue weighted by molar-refractivity contribution is -0.576. The Labute approximate surface area is 187 Å². The molecule has 1 aliphatic heterocycles. The van der Waals surface area contributed by atoms with Crippen LogP contribution in [0, 0.1) is 11.3 Å². The summed E-state index contributed by atoms with van der Waals surface area (Å²) in [4.78, 5) is 14.7. The van der Waals surface area contributed by atoms with Gasteiger partial charge in [-0.15, -0.1) is 0 Å². The van der Waals surface area contributed by atoms with Gasteiger partial charge in [-0.05, 0) is 31.6 Å². The zero-order valence-electron chi connectivity index (χ0n) is 17.1. The van der Waals surface area contributed by atoms with Gasteiger partial charge in [-0.1, -0.05) is 41.4 Å². The van der Waals surface area contributed by atoms with Crippen molar-refractivity contribution in [1.29, 1.82) is 5.41 Å². The van der Waals surface area contributed by atoms with Gasteiger partial charge in [-0.3, -0.25) is 10.3 Å². The van der Waals surface area contributed by atoms with Crippen LogP contribution >= 0.6 is 23.2 Å². The topological polar surface area (TPSA) is 79.2 Å². The number of quaternary nitrogens is 1. The van der Waals surface area contributed by atoms with E-state index < -0.39 is 5.97 Å². The molecule has 0 radical (unpaired) electrons. The molecule has 1 fully saturated rings. The quantitative estimate of drug-likeness (QED) is 0.361. The molecule has 30 heavy (non-hydrogen) atoms. The number of nitrogens with zero attached hydrogens (tertiary/aromatic N) is 1. The molecule has 0 spiro atoms. The molecule has 2 unspecified atom stereocenters. The van der Waals surface area contributed by atoms with Crippen molar-refractivity contribution in [2.24, 2.45) is 5.92 Å². The van der Waals surface area contributed by atoms with E-state index in [4.69, 9.17) is 38.1 Å². The highest BCUT2D eigenvalue weighted by atomic mass is 35.5. The van der Waals surface area contributed by atoms with Gasteiger partial charge in [0.15, 0.2) is 5.71 Å². The predicted molar refractivity (Wildman–Crippen MR) is 119 cm³/mol. The molecule has 1 heterocycles. The second-order valence-electron chi connectivity index (χ2n) is 7.55. The normalized spacial score (nSPS) is 20.8. The molecule has 6 nitrogen and oxygen atoms in total. The van der Waals surface area contributed by atoms with Crippen LogP contribution in [0.1, 0.15) is 18.9 Å². The standard InChI is InChI=1S/C22H27Cl2N3O3/c1-15(27-8-10-29-11-9-27)14-30-22(28)21(25)18-4-2-3-5-20(18)26-13-16-6-7-17(23)12-19(16)24/h2-5,7,12,15-16,25-26H,6,8-11,13-14H2,1H3/p+1. The van der Waals surface area contributed by atoms with E-state index in [-0.39, 0.29) is 24.3 Å². The zero-order valence-corrected chi connectivity index (χ0v) is 18.6. The molecule has 1 aromatic carbocycles. The summed E-state index contributed by atoms with van der Waals surface area (Å²) >= 11 is 12.3. The van der Waals surface area contributed by atoms with Crippen LogP contribution < -0.4 is 5.32 Å². The number of morpholine rings is 1. The number of esters is 1. The number of allylic oxidation sites excluding steroid dienone is 3. The first-order valence-electron chi connectivity index (χ1n) is 10.2. The highest BCUT2D eigenvalue weighted by Gasteiger charge is 2.24. The Balaban J connectivity index is 1.56. The number of halogens is 2. The minimum absolute atomic E-state index is 0.0903. The van der Waals surface area contributed by atoms with Crippen molar-refractivity contribution in [3.63, 3.8) is 0 Å². The highest BCUT2D eigenvalue weighted by molar-refractivity contribution is 6.42. The van der Waals surface area contributed by atoms with E-state index in [2.05, 4.69) is 4.90 Å². The average Bonchev–Trinajstić information content (AvgIpc) is 2.77. The maximum absolute atomic E-state index is 12.5. The van der Waals surface area contributed by atoms with Crippen molar-refractivity contribution in [2.45, 2.75) is 19.4 Å². The van der Waals surface area contributed by atoms with Crippen LogP contribution in [0.5, 0.6) is 0 Å². The van der Waals surface area contributed by atoms with Gasteiger partial charge < -0.3 is 14.8 Å². The maximum Gasteiger partial charge on any atom is 0.357 e. The molecule has 1 aliphatic carbocycles. The molecule has 3 rings (SSSR count). The van der Waals surface area contributed by atoms with Crippen molar-refractivity contribution in [3.8, 4) is 0 Å². The van der Waals surface area contributed by atoms with E-state index in [1.54, 1.807) is 12.1 Å². The summed E-state index contributed by atoms with van der Waals surface area (Å²) in [5.74, 6) is -0.459. The van der Waals surface area contributed by atoms with E-state index in [9.17, 15) is 4.79 Å². The van der Waals surface area contributed by atoms with Crippen LogP contribution in [0.4, 0.5) is 5.69 Å². The smallest absolute Gasteiger partial charge is 0.357 e. The molecule has 2 atom stereocenters. The monoisotopic (exact) mass is 452 g/mol. The molecule has 8 heteroatoms. The van der Waals surface area contributed by atoms with Gasteiger partial charge in [-0.25, -0.2) is 4.79 Å². The Morgan fingerprint density at radius 3 is 2.80 bits per heavy atom. The third-order valence-electron chi connectivity index (χ3n) is 5.44. The van der Waals surface area contributed by atoms with Crippen LogP contribution in [0.15, 0.2) is 46.5 Å². The number of para-hydroxylation sites is 1. The van der Waals surface area contributed by atoms with Crippen molar-refractivity contribution in [2.75, 3.05) is 39.5 Å². The van der Waals surface area contributed by atoms with Gasteiger partial charge in [0.2, 0.25) is 0 Å². The number of hydrogen-bond acceptors (Lipinski definition) is 5. The molecule has 162 valence electrons. The van der Waals surface area contributed by atoms with Crippen LogP contribution in [-0.2, 0) is 14.3 Å². The molecule has 0 bridgehead atoms. The zero-order chi connectivity index (χ0) is 21.5. The van der Waals surface area contributed by atoms with Gasteiger partial charge >= 0.3 is 5.97 Å². The lowest BCUT2D eigenvalue weighted by Crippen LogP contribution is -2.80. The number of nitrogens with two attached hydrogens (primary N) is 1. The number of benzene rings is 1. The third kappa shape index (κ3) is 6.15. The highest BCUT2D eigenvalue weighted by Crippen LogP contribution is 2.27. The molecule has 0 amide bonds. The Kier molecular flexibility index (Phi) is 8.48. The van der Waals surface area contributed by atoms with Crippen molar-refractivity contribution in [3.05, 3.63) is 52.0 Å². The first-order chi connectivity index (χ1) is 14.5. The third-order valence-corrected chi connectivity index (χ3v) is 6.13. The first-order valence-corrected chi connectivity index (χ1v) is 10.9. The van der Waals surface area contributed by atoms with Crippen molar-refractivity contribution >= 4 is 40.6 Å². The van der Waals surface area contributed by atoms with Crippen LogP contribution in [0.2, 0.25) is 0 Å². The summed E-state index contributed by atoms with van der Waals surface area (Å²) < 4.78 is 10.8. The molecule has 0 aromatic heterocycles. The fraction of sp³-hybridized carbons (Fsp3) is 0.455. The summed E-state index contributed by atoms with van der Waals surface area (Å²) in [6.45, 7) is 6.01. The van der Waals surface area contributed by atoms with Gasteiger partial charge in [0.05, 0.1) is 25.3 Å². The molecule has 0 saturated carbocycles. The number of hydrogen-bond donors (Lipinski definition) is 2. The fourth-order valence-corrected chi connectivity index (χ4v) is 4.12. The van der Waals surface area contributed by atoms with E-state index >= 15 is 0 Å². The molecular formula is C22H28Cl2N3O3+. The van der Waals surface area contributed by atoms with Crippen molar-refractivity contribution in [1.82, 2.24) is 4.90 Å². The lowest BCUT2D eigenvalue weighted by atomic mass is 9.99. The number of rotatable bonds is 8. The number of carbonyl (C=O) groups excluding carboxylic acids is 1. The number of carbonyl (C=O) groups is 1. The molecule has 2 aliphatic rings. The van der Waals surface area contributed by atoms with Crippen molar-refractivity contribution < 1.29 is 19.6 Å². The van der Waals surface area contributed by atoms with Gasteiger partial charge in [0, 0.05) is 35.1 Å². The van der Waals surface area contributed by atoms with E-state index in [0.29, 0.717) is 30.4 Å². The maximum atomic E-state index is 12.5. The summed E-state index contributed by atoms with van der Waals surface area (Å²) in [6.07, 6.45) is 4.49. The second-order valence-corrected chi connectivity index (χ2v) is 8.42. The Hall–Kier alpha value is -1.70. The minimum atomic E-state index is -0.610. The Morgan fingerprint density at radius 2 is 2.07 bits per heavy atom. The Bertz CT molecular complexity index is 835. The van der Waals surface area contributed by atoms with Gasteiger partial charge in [0.25, 0.3) is 0 Å². The average molecular weight is 453 g/mol. The van der Waals surface area contributed by atoms with Gasteiger partial charge in [0.1, 0.15) is 12.3 Å². The van der Waals surface area contributed by atoms with Crippen LogP contribution in [0.3, 0.4) is 0 Å². The van der Waals surface area contributed by atoms with E-state index in [1.807, 2.05) is 36.5 Å². The molecule has 1 saturated heterocycles. The SMILES string of the molecule is CC(COC(=O)C(=N)c1ccccc1[NH2+]CC1CC=C(Cl)C=C1Cl)N1CCOCC1. The summed E-state index contributed by atoms with van der Waals surface area (Å²) in [7, 11) is 0. The predicted octanol–water partition coefficient (Wildman–Crippen LogP) is 2.78.